The van der Waals surface area contributed by atoms with E-state index in [1.807, 2.05) is 76.7 Å². The van der Waals surface area contributed by atoms with Crippen LogP contribution in [0.4, 0.5) is 4.79 Å². The quantitative estimate of drug-likeness (QED) is 0.748. The number of hydrogen-bond donors (Lipinski definition) is 1. The number of benzene rings is 1. The molecule has 0 saturated carbocycles. The van der Waals surface area contributed by atoms with Crippen molar-refractivity contribution in [3.63, 3.8) is 0 Å². The van der Waals surface area contributed by atoms with Crippen LogP contribution < -0.4 is 10.1 Å². The first-order valence-electron chi connectivity index (χ1n) is 9.59. The van der Waals surface area contributed by atoms with Crippen molar-refractivity contribution in [1.29, 1.82) is 0 Å². The van der Waals surface area contributed by atoms with Gasteiger partial charge in [-0.2, -0.15) is 5.10 Å². The van der Waals surface area contributed by atoms with Gasteiger partial charge in [-0.15, -0.1) is 0 Å². The molecule has 7 nitrogen and oxygen atoms in total. The summed E-state index contributed by atoms with van der Waals surface area (Å²) >= 11 is 0. The molecule has 0 atom stereocenters. The number of carbonyl (C=O) groups excluding carboxylic acids is 1. The highest BCUT2D eigenvalue weighted by Gasteiger charge is 2.16. The van der Waals surface area contributed by atoms with Gasteiger partial charge in [0.2, 0.25) is 0 Å². The van der Waals surface area contributed by atoms with Gasteiger partial charge in [0, 0.05) is 25.8 Å². The van der Waals surface area contributed by atoms with Gasteiger partial charge in [0.25, 0.3) is 0 Å². The summed E-state index contributed by atoms with van der Waals surface area (Å²) in [5.74, 6) is 0.845. The maximum atomic E-state index is 11.7. The van der Waals surface area contributed by atoms with Crippen LogP contribution in [0.15, 0.2) is 36.5 Å². The van der Waals surface area contributed by atoms with Crippen LogP contribution in [0.3, 0.4) is 0 Å². The van der Waals surface area contributed by atoms with Crippen molar-refractivity contribution in [2.45, 2.75) is 52.9 Å². The lowest BCUT2D eigenvalue weighted by Gasteiger charge is -2.21. The molecule has 0 fully saturated rings. The van der Waals surface area contributed by atoms with E-state index in [1.54, 1.807) is 6.20 Å². The number of rotatable bonds is 8. The molecule has 1 heterocycles. The lowest BCUT2D eigenvalue weighted by atomic mass is 10.2. The van der Waals surface area contributed by atoms with Crippen LogP contribution in [0.25, 0.3) is 5.69 Å². The van der Waals surface area contributed by atoms with Crippen LogP contribution in [0.2, 0.25) is 0 Å². The van der Waals surface area contributed by atoms with Crippen molar-refractivity contribution in [1.82, 2.24) is 20.0 Å². The van der Waals surface area contributed by atoms with Gasteiger partial charge in [0.05, 0.1) is 17.5 Å². The summed E-state index contributed by atoms with van der Waals surface area (Å²) in [6.45, 7) is 11.5. The second-order valence-electron chi connectivity index (χ2n) is 8.06. The lowest BCUT2D eigenvalue weighted by molar-refractivity contribution is 0.0523. The Morgan fingerprint density at radius 1 is 1.21 bits per heavy atom. The van der Waals surface area contributed by atoms with Crippen molar-refractivity contribution in [3.05, 3.63) is 42.2 Å². The molecule has 2 rings (SSSR count). The van der Waals surface area contributed by atoms with E-state index in [-0.39, 0.29) is 6.10 Å². The number of nitrogens with zero attached hydrogens (tertiary/aromatic N) is 3. The number of nitrogens with one attached hydrogen (secondary N) is 1. The van der Waals surface area contributed by atoms with E-state index in [0.717, 1.165) is 17.1 Å². The van der Waals surface area contributed by atoms with Crippen molar-refractivity contribution >= 4 is 6.09 Å². The number of amides is 1. The number of alkyl carbamates (subject to hydrolysis) is 1. The van der Waals surface area contributed by atoms with Crippen LogP contribution in [0.1, 0.15) is 40.3 Å². The summed E-state index contributed by atoms with van der Waals surface area (Å²) in [5, 5.41) is 7.22. The van der Waals surface area contributed by atoms with Crippen molar-refractivity contribution in [2.24, 2.45) is 0 Å². The van der Waals surface area contributed by atoms with Gasteiger partial charge < -0.3 is 14.8 Å². The molecule has 0 aliphatic carbocycles. The summed E-state index contributed by atoms with van der Waals surface area (Å²) in [4.78, 5) is 13.8. The van der Waals surface area contributed by atoms with Crippen LogP contribution in [-0.2, 0) is 11.3 Å². The fraction of sp³-hybridized carbons (Fsp3) is 0.524. The van der Waals surface area contributed by atoms with E-state index in [1.165, 1.54) is 0 Å². The third-order valence-electron chi connectivity index (χ3n) is 3.77. The zero-order valence-corrected chi connectivity index (χ0v) is 17.7. The Labute approximate surface area is 167 Å². The van der Waals surface area contributed by atoms with E-state index >= 15 is 0 Å². The van der Waals surface area contributed by atoms with Crippen molar-refractivity contribution in [3.8, 4) is 11.4 Å². The van der Waals surface area contributed by atoms with Gasteiger partial charge in [-0.3, -0.25) is 4.90 Å². The summed E-state index contributed by atoms with van der Waals surface area (Å²) in [6, 6.07) is 9.90. The molecular formula is C21H32N4O3. The molecule has 0 saturated heterocycles. The molecule has 0 unspecified atom stereocenters. The minimum absolute atomic E-state index is 0.147. The van der Waals surface area contributed by atoms with Crippen LogP contribution >= 0.6 is 0 Å². The number of ether oxygens (including phenoxy) is 2. The molecular weight excluding hydrogens is 356 g/mol. The molecule has 28 heavy (non-hydrogen) atoms. The SMILES string of the molecule is CC(C)Oc1ccc(-n2nccc2CN(C)CCNC(=O)OC(C)(C)C)cc1. The highest BCUT2D eigenvalue weighted by molar-refractivity contribution is 5.67. The maximum absolute atomic E-state index is 11.7. The molecule has 154 valence electrons. The second kappa shape index (κ2) is 9.59. The average Bonchev–Trinajstić information content (AvgIpc) is 3.01. The smallest absolute Gasteiger partial charge is 0.407 e. The molecule has 1 aromatic carbocycles. The highest BCUT2D eigenvalue weighted by Crippen LogP contribution is 2.18. The van der Waals surface area contributed by atoms with Gasteiger partial charge >= 0.3 is 6.09 Å². The predicted molar refractivity (Wildman–Crippen MR) is 110 cm³/mol. The monoisotopic (exact) mass is 388 g/mol. The molecule has 1 aromatic heterocycles. The number of likely N-dealkylation sites (N-methyl/N-ethyl adjacent to an activating group) is 1. The minimum Gasteiger partial charge on any atom is -0.491 e. The molecule has 1 amide bonds. The van der Waals surface area contributed by atoms with Crippen LogP contribution in [0.5, 0.6) is 5.75 Å². The van der Waals surface area contributed by atoms with Crippen LogP contribution in [0, 0.1) is 0 Å². The standard InChI is InChI=1S/C21H32N4O3/c1-16(2)27-19-9-7-17(8-10-19)25-18(11-12-23-25)15-24(6)14-13-22-20(26)28-21(3,4)5/h7-12,16H,13-15H2,1-6H3,(H,22,26). The highest BCUT2D eigenvalue weighted by atomic mass is 16.6. The van der Waals surface area contributed by atoms with Crippen molar-refractivity contribution < 1.29 is 14.3 Å². The van der Waals surface area contributed by atoms with E-state index in [9.17, 15) is 4.79 Å². The summed E-state index contributed by atoms with van der Waals surface area (Å²) in [7, 11) is 2.01. The number of hydrogen-bond acceptors (Lipinski definition) is 5. The number of carbonyl (C=O) groups is 1. The van der Waals surface area contributed by atoms with E-state index < -0.39 is 11.7 Å². The van der Waals surface area contributed by atoms with Gasteiger partial charge in [0.15, 0.2) is 0 Å². The zero-order chi connectivity index (χ0) is 20.7. The summed E-state index contributed by atoms with van der Waals surface area (Å²) < 4.78 is 12.8. The summed E-state index contributed by atoms with van der Waals surface area (Å²) in [5.41, 5.74) is 1.56. The Kier molecular flexibility index (Phi) is 7.45. The second-order valence-corrected chi connectivity index (χ2v) is 8.06. The normalized spacial score (nSPS) is 11.7. The first-order chi connectivity index (χ1) is 13.1. The molecule has 0 aliphatic heterocycles. The van der Waals surface area contributed by atoms with Gasteiger partial charge in [0.1, 0.15) is 11.4 Å². The molecule has 7 heteroatoms. The van der Waals surface area contributed by atoms with Gasteiger partial charge in [-0.25, -0.2) is 9.48 Å². The third-order valence-corrected chi connectivity index (χ3v) is 3.77. The van der Waals surface area contributed by atoms with Crippen molar-refractivity contribution in [2.75, 3.05) is 20.1 Å². The molecule has 0 bridgehead atoms. The fourth-order valence-corrected chi connectivity index (χ4v) is 2.64. The zero-order valence-electron chi connectivity index (χ0n) is 17.7. The molecule has 0 spiro atoms. The van der Waals surface area contributed by atoms with E-state index in [2.05, 4.69) is 15.3 Å². The molecule has 2 aromatic rings. The first-order valence-corrected chi connectivity index (χ1v) is 9.59. The minimum atomic E-state index is -0.488. The Balaban J connectivity index is 1.88. The third kappa shape index (κ3) is 7.23. The number of aromatic nitrogens is 2. The Hall–Kier alpha value is -2.54. The Bertz CT molecular complexity index is 748. The van der Waals surface area contributed by atoms with E-state index in [0.29, 0.717) is 19.6 Å². The first kappa shape index (κ1) is 21.8. The van der Waals surface area contributed by atoms with Crippen LogP contribution in [-0.4, -0.2) is 52.6 Å². The van der Waals surface area contributed by atoms with Gasteiger partial charge in [-0.1, -0.05) is 0 Å². The lowest BCUT2D eigenvalue weighted by Crippen LogP contribution is -2.37. The molecule has 1 N–H and O–H groups in total. The molecule has 0 aliphatic rings. The topological polar surface area (TPSA) is 68.6 Å². The summed E-state index contributed by atoms with van der Waals surface area (Å²) in [6.07, 6.45) is 1.55. The average molecular weight is 389 g/mol. The van der Waals surface area contributed by atoms with Gasteiger partial charge in [-0.05, 0) is 72.0 Å². The largest absolute Gasteiger partial charge is 0.491 e. The Morgan fingerprint density at radius 2 is 1.89 bits per heavy atom. The maximum Gasteiger partial charge on any atom is 0.407 e. The fourth-order valence-electron chi connectivity index (χ4n) is 2.64. The molecule has 0 radical (unpaired) electrons. The van der Waals surface area contributed by atoms with E-state index in [4.69, 9.17) is 9.47 Å². The predicted octanol–water partition coefficient (Wildman–Crippen LogP) is 3.62. The Morgan fingerprint density at radius 3 is 2.50 bits per heavy atom.